The molecule has 0 unspecified atom stereocenters. The molecule has 302 valence electrons. The SMILES string of the molecule is CC[C@H]1OC(=O)[C@H](C)[C@@H](O[C@H]2C[C@@](C)(OC)[C@@H](O)[C@H](C)O2)[C@H](C)[C@@H](O[C@@H]2O[C@H](C)C[C@H](N(C)CCF)[C@H]2O)[C@@]2(C)CC(C)=C(O2)[C@H](C)[C@@H](O)[C@]1(C)O. The Morgan fingerprint density at radius 1 is 1.00 bits per heavy atom. The highest BCUT2D eigenvalue weighted by Crippen LogP contribution is 2.47. The van der Waals surface area contributed by atoms with Crippen LogP contribution in [-0.2, 0) is 38.0 Å². The van der Waals surface area contributed by atoms with Gasteiger partial charge in [-0.1, -0.05) is 20.8 Å². The Kier molecular flexibility index (Phi) is 13.9. The van der Waals surface area contributed by atoms with Crippen molar-refractivity contribution in [2.45, 2.75) is 179 Å². The van der Waals surface area contributed by atoms with E-state index in [1.807, 2.05) is 27.7 Å². The molecular formula is C38H66FNO12. The van der Waals surface area contributed by atoms with Gasteiger partial charge in [-0.2, -0.15) is 0 Å². The summed E-state index contributed by atoms with van der Waals surface area (Å²) in [6.07, 6.45) is -8.31. The number of fused-ring (bicyclic) bond motifs is 2. The Morgan fingerprint density at radius 3 is 2.25 bits per heavy atom. The third kappa shape index (κ3) is 8.51. The molecule has 0 spiro atoms. The largest absolute Gasteiger partial charge is 0.489 e. The summed E-state index contributed by atoms with van der Waals surface area (Å²) in [5.74, 6) is -2.52. The molecule has 0 aromatic rings. The highest BCUT2D eigenvalue weighted by atomic mass is 19.1. The van der Waals surface area contributed by atoms with E-state index in [9.17, 15) is 29.6 Å². The number of halogens is 1. The van der Waals surface area contributed by atoms with E-state index >= 15 is 0 Å². The summed E-state index contributed by atoms with van der Waals surface area (Å²) in [6, 6.07) is -0.457. The molecule has 0 saturated carbocycles. The van der Waals surface area contributed by atoms with Crippen molar-refractivity contribution < 1.29 is 62.8 Å². The van der Waals surface area contributed by atoms with Crippen molar-refractivity contribution in [2.75, 3.05) is 27.4 Å². The van der Waals surface area contributed by atoms with Crippen LogP contribution < -0.4 is 0 Å². The first-order valence-corrected chi connectivity index (χ1v) is 18.9. The summed E-state index contributed by atoms with van der Waals surface area (Å²) in [5, 5.41) is 46.0. The fraction of sp³-hybridized carbons (Fsp3) is 0.921. The third-order valence-electron chi connectivity index (χ3n) is 12.3. The molecule has 0 amide bonds. The van der Waals surface area contributed by atoms with Gasteiger partial charge in [0.15, 0.2) is 12.6 Å². The molecule has 17 atom stereocenters. The Bertz CT molecular complexity index is 1250. The number of likely N-dealkylation sites (N-methyl/N-ethyl adjacent to an activating group) is 1. The standard InChI is InChI=1S/C38H66FNO12/c1-13-26-38(10,45)31(42)21(4)29-19(2)17-37(9,52-29)33(51-35-28(41)25(16-20(3)47-35)40(11)15-14-39)22(5)30(23(6)34(44)49-26)50-27-18-36(8,46-12)32(43)24(7)48-27/h20-28,30-33,35,41-43,45H,13-18H2,1-12H3/t20-,21+,22+,23-,24+,25+,26-,27+,28-,30+,31-,32+,33-,35+,36-,37-,38-/m1/s1. The third-order valence-corrected chi connectivity index (χ3v) is 12.3. The number of aliphatic hydroxyl groups excluding tert-OH is 3. The topological polar surface area (TPSA) is 166 Å². The van der Waals surface area contributed by atoms with Gasteiger partial charge in [-0.05, 0) is 73.9 Å². The van der Waals surface area contributed by atoms with E-state index in [1.54, 1.807) is 46.6 Å². The number of esters is 1. The van der Waals surface area contributed by atoms with Crippen molar-refractivity contribution in [1.29, 1.82) is 0 Å². The Morgan fingerprint density at radius 2 is 1.65 bits per heavy atom. The zero-order valence-corrected chi connectivity index (χ0v) is 33.2. The quantitative estimate of drug-likeness (QED) is 0.255. The molecule has 0 aliphatic carbocycles. The number of ether oxygens (including phenoxy) is 7. The zero-order chi connectivity index (χ0) is 39.1. The molecule has 0 aromatic carbocycles. The van der Waals surface area contributed by atoms with Crippen LogP contribution in [0.1, 0.15) is 94.9 Å². The van der Waals surface area contributed by atoms with E-state index in [4.69, 9.17) is 33.2 Å². The number of alkyl halides is 1. The lowest BCUT2D eigenvalue weighted by Gasteiger charge is -2.48. The lowest BCUT2D eigenvalue weighted by Crippen LogP contribution is -2.60. The van der Waals surface area contributed by atoms with E-state index in [0.29, 0.717) is 18.6 Å². The van der Waals surface area contributed by atoms with Crippen molar-refractivity contribution in [3.8, 4) is 0 Å². The minimum Gasteiger partial charge on any atom is -0.489 e. The normalized spacial score (nSPS) is 48.1. The molecule has 0 aromatic heterocycles. The summed E-state index contributed by atoms with van der Waals surface area (Å²) < 4.78 is 58.0. The van der Waals surface area contributed by atoms with Crippen LogP contribution in [-0.4, -0.2) is 143 Å². The summed E-state index contributed by atoms with van der Waals surface area (Å²) in [5.41, 5.74) is -3.16. The van der Waals surface area contributed by atoms with Crippen molar-refractivity contribution in [2.24, 2.45) is 17.8 Å². The van der Waals surface area contributed by atoms with E-state index in [0.717, 1.165) is 5.57 Å². The van der Waals surface area contributed by atoms with Gasteiger partial charge in [-0.25, -0.2) is 4.39 Å². The minimum absolute atomic E-state index is 0.126. The van der Waals surface area contributed by atoms with Gasteiger partial charge in [-0.15, -0.1) is 0 Å². The predicted molar refractivity (Wildman–Crippen MR) is 189 cm³/mol. The molecule has 13 nitrogen and oxygen atoms in total. The van der Waals surface area contributed by atoms with Gasteiger partial charge in [0.25, 0.3) is 0 Å². The second kappa shape index (κ2) is 16.7. The number of hydrogen-bond acceptors (Lipinski definition) is 13. The van der Waals surface area contributed by atoms with Crippen LogP contribution >= 0.6 is 0 Å². The van der Waals surface area contributed by atoms with E-state index in [2.05, 4.69) is 0 Å². The van der Waals surface area contributed by atoms with E-state index in [-0.39, 0.29) is 25.5 Å². The first kappa shape index (κ1) is 43.3. The highest BCUT2D eigenvalue weighted by molar-refractivity contribution is 5.73. The molecule has 4 aliphatic heterocycles. The molecule has 4 heterocycles. The van der Waals surface area contributed by atoms with Gasteiger partial charge < -0.3 is 53.6 Å². The number of hydrogen-bond donors (Lipinski definition) is 4. The molecule has 4 N–H and O–H groups in total. The van der Waals surface area contributed by atoms with Crippen molar-refractivity contribution in [3.63, 3.8) is 0 Å². The smallest absolute Gasteiger partial charge is 0.311 e. The molecule has 3 fully saturated rings. The maximum atomic E-state index is 14.1. The van der Waals surface area contributed by atoms with Gasteiger partial charge in [0.05, 0.1) is 35.9 Å². The molecule has 14 heteroatoms. The Labute approximate surface area is 309 Å². The van der Waals surface area contributed by atoms with Crippen LogP contribution in [0.3, 0.4) is 0 Å². The summed E-state index contributed by atoms with van der Waals surface area (Å²) in [7, 11) is 3.26. The Hall–Kier alpha value is -1.46. The second-order valence-corrected chi connectivity index (χ2v) is 16.5. The fourth-order valence-corrected chi connectivity index (χ4v) is 8.95. The Balaban J connectivity index is 1.83. The number of methoxy groups -OCH3 is 1. The van der Waals surface area contributed by atoms with Gasteiger partial charge in [-0.3, -0.25) is 9.69 Å². The first-order chi connectivity index (χ1) is 24.1. The van der Waals surface area contributed by atoms with E-state index < -0.39 is 109 Å². The number of carbonyl (C=O) groups is 1. The molecule has 52 heavy (non-hydrogen) atoms. The van der Waals surface area contributed by atoms with Gasteiger partial charge in [0.1, 0.15) is 48.1 Å². The zero-order valence-electron chi connectivity index (χ0n) is 33.2. The average Bonchev–Trinajstić information content (AvgIpc) is 3.40. The number of cyclic esters (lactones) is 1. The molecule has 4 rings (SSSR count). The van der Waals surface area contributed by atoms with Crippen LogP contribution in [0, 0.1) is 17.8 Å². The summed E-state index contributed by atoms with van der Waals surface area (Å²) in [4.78, 5) is 15.9. The second-order valence-electron chi connectivity index (χ2n) is 16.5. The first-order valence-electron chi connectivity index (χ1n) is 18.9. The summed E-state index contributed by atoms with van der Waals surface area (Å²) in [6.45, 7) is 17.2. The minimum atomic E-state index is -1.85. The number of carbonyl (C=O) groups excluding carboxylic acids is 1. The summed E-state index contributed by atoms with van der Waals surface area (Å²) >= 11 is 0. The van der Waals surface area contributed by atoms with Gasteiger partial charge >= 0.3 is 5.97 Å². The van der Waals surface area contributed by atoms with Crippen molar-refractivity contribution in [1.82, 2.24) is 4.90 Å². The van der Waals surface area contributed by atoms with Crippen molar-refractivity contribution in [3.05, 3.63) is 11.3 Å². The van der Waals surface area contributed by atoms with E-state index in [1.165, 1.54) is 14.0 Å². The molecular weight excluding hydrogens is 681 g/mol. The van der Waals surface area contributed by atoms with Crippen LogP contribution in [0.25, 0.3) is 0 Å². The maximum absolute atomic E-state index is 14.1. The van der Waals surface area contributed by atoms with Gasteiger partial charge in [0.2, 0.25) is 0 Å². The van der Waals surface area contributed by atoms with Crippen LogP contribution in [0.4, 0.5) is 4.39 Å². The fourth-order valence-electron chi connectivity index (χ4n) is 8.95. The lowest BCUT2D eigenvalue weighted by molar-refractivity contribution is -0.317. The molecule has 4 aliphatic rings. The maximum Gasteiger partial charge on any atom is 0.311 e. The predicted octanol–water partition coefficient (Wildman–Crippen LogP) is 3.23. The monoisotopic (exact) mass is 747 g/mol. The number of aliphatic hydroxyl groups is 4. The van der Waals surface area contributed by atoms with Crippen LogP contribution in [0.2, 0.25) is 0 Å². The number of nitrogens with zero attached hydrogens (tertiary/aromatic N) is 1. The van der Waals surface area contributed by atoms with Gasteiger partial charge in [0, 0.05) is 44.4 Å². The van der Waals surface area contributed by atoms with Crippen LogP contribution in [0.5, 0.6) is 0 Å². The average molecular weight is 748 g/mol. The van der Waals surface area contributed by atoms with Crippen LogP contribution in [0.15, 0.2) is 11.3 Å². The molecule has 2 bridgehead atoms. The molecule has 3 saturated heterocycles. The number of rotatable bonds is 9. The highest BCUT2D eigenvalue weighted by Gasteiger charge is 2.56. The van der Waals surface area contributed by atoms with Crippen molar-refractivity contribution >= 4 is 5.97 Å². The lowest BCUT2D eigenvalue weighted by atomic mass is 9.78. The molecule has 0 radical (unpaired) electrons.